The van der Waals surface area contributed by atoms with E-state index in [9.17, 15) is 8.42 Å². The van der Waals surface area contributed by atoms with E-state index in [4.69, 9.17) is 16.3 Å². The van der Waals surface area contributed by atoms with Crippen molar-refractivity contribution in [3.63, 3.8) is 0 Å². The van der Waals surface area contributed by atoms with Gasteiger partial charge in [-0.15, -0.1) is 0 Å². The molecule has 1 N–H and O–H groups in total. The van der Waals surface area contributed by atoms with Crippen LogP contribution in [0, 0.1) is 0 Å². The zero-order valence-corrected chi connectivity index (χ0v) is 14.8. The van der Waals surface area contributed by atoms with Crippen molar-refractivity contribution in [2.45, 2.75) is 30.3 Å². The molecule has 2 saturated heterocycles. The van der Waals surface area contributed by atoms with Crippen LogP contribution >= 0.6 is 11.6 Å². The number of ether oxygens (including phenoxy) is 1. The highest BCUT2D eigenvalue weighted by Gasteiger charge is 2.31. The molecule has 2 heterocycles. The summed E-state index contributed by atoms with van der Waals surface area (Å²) in [6, 6.07) is 6.40. The lowest BCUT2D eigenvalue weighted by Crippen LogP contribution is -3.15. The highest BCUT2D eigenvalue weighted by atomic mass is 35.5. The minimum absolute atomic E-state index is 0.320. The van der Waals surface area contributed by atoms with Crippen molar-refractivity contribution in [2.24, 2.45) is 0 Å². The summed E-state index contributed by atoms with van der Waals surface area (Å²) in [5.74, 6) is 0. The van der Waals surface area contributed by atoms with Gasteiger partial charge in [-0.05, 0) is 43.5 Å². The highest BCUT2D eigenvalue weighted by Crippen LogP contribution is 2.18. The molecule has 0 spiro atoms. The van der Waals surface area contributed by atoms with Crippen molar-refractivity contribution in [3.05, 3.63) is 29.3 Å². The van der Waals surface area contributed by atoms with Gasteiger partial charge in [0, 0.05) is 11.6 Å². The van der Waals surface area contributed by atoms with Crippen LogP contribution in [-0.2, 0) is 14.8 Å². The van der Waals surface area contributed by atoms with Crippen LogP contribution in [0.15, 0.2) is 29.2 Å². The van der Waals surface area contributed by atoms with Crippen LogP contribution in [0.1, 0.15) is 19.3 Å². The number of nitrogens with zero attached hydrogens (tertiary/aromatic N) is 1. The molecule has 1 atom stereocenters. The fourth-order valence-corrected chi connectivity index (χ4v) is 4.86. The van der Waals surface area contributed by atoms with Gasteiger partial charge in [-0.1, -0.05) is 11.6 Å². The van der Waals surface area contributed by atoms with Crippen molar-refractivity contribution in [1.82, 2.24) is 4.31 Å². The number of piperazine rings is 1. The fourth-order valence-electron chi connectivity index (χ4n) is 3.29. The van der Waals surface area contributed by atoms with Crippen LogP contribution in [0.25, 0.3) is 0 Å². The lowest BCUT2D eigenvalue weighted by atomic mass is 10.1. The quantitative estimate of drug-likeness (QED) is 0.865. The van der Waals surface area contributed by atoms with E-state index < -0.39 is 10.0 Å². The molecule has 0 aromatic heterocycles. The monoisotopic (exact) mass is 359 g/mol. The zero-order valence-electron chi connectivity index (χ0n) is 13.2. The third-order valence-corrected chi connectivity index (χ3v) is 6.84. The molecule has 5 nitrogen and oxygen atoms in total. The Balaban J connectivity index is 1.56. The van der Waals surface area contributed by atoms with Gasteiger partial charge in [0.1, 0.15) is 12.6 Å². The molecule has 0 saturated carbocycles. The topological polar surface area (TPSA) is 51.0 Å². The van der Waals surface area contributed by atoms with Gasteiger partial charge in [-0.3, -0.25) is 0 Å². The van der Waals surface area contributed by atoms with Gasteiger partial charge >= 0.3 is 0 Å². The summed E-state index contributed by atoms with van der Waals surface area (Å²) in [5.41, 5.74) is 0. The summed E-state index contributed by atoms with van der Waals surface area (Å²) in [5, 5.41) is 0.547. The Morgan fingerprint density at radius 3 is 2.48 bits per heavy atom. The standard InChI is InChI=1S/C16H23ClN2O3S/c17-14-4-6-16(7-5-14)23(20,21)19-10-8-18(9-11-19)13-15-3-1-2-12-22-15/h4-7,15H,1-3,8-13H2/p+1/t15-/m0/s1. The predicted octanol–water partition coefficient (Wildman–Crippen LogP) is 0.798. The molecule has 0 aliphatic carbocycles. The highest BCUT2D eigenvalue weighted by molar-refractivity contribution is 7.89. The lowest BCUT2D eigenvalue weighted by Gasteiger charge is -2.34. The maximum Gasteiger partial charge on any atom is 0.243 e. The molecule has 23 heavy (non-hydrogen) atoms. The number of rotatable bonds is 4. The van der Waals surface area contributed by atoms with E-state index in [1.807, 2.05) is 0 Å². The van der Waals surface area contributed by atoms with Gasteiger partial charge in [0.15, 0.2) is 0 Å². The number of nitrogens with one attached hydrogen (secondary N) is 1. The van der Waals surface area contributed by atoms with E-state index in [-0.39, 0.29) is 0 Å². The van der Waals surface area contributed by atoms with Crippen molar-refractivity contribution in [1.29, 1.82) is 0 Å². The second-order valence-corrected chi connectivity index (χ2v) is 8.68. The van der Waals surface area contributed by atoms with Crippen LogP contribution < -0.4 is 4.90 Å². The maximum atomic E-state index is 12.6. The summed E-state index contributed by atoms with van der Waals surface area (Å²) >= 11 is 5.84. The summed E-state index contributed by atoms with van der Waals surface area (Å²) < 4.78 is 32.7. The van der Waals surface area contributed by atoms with Gasteiger partial charge in [0.2, 0.25) is 10.0 Å². The number of benzene rings is 1. The molecule has 2 fully saturated rings. The largest absolute Gasteiger partial charge is 0.372 e. The predicted molar refractivity (Wildman–Crippen MR) is 89.4 cm³/mol. The molecule has 0 unspecified atom stereocenters. The van der Waals surface area contributed by atoms with Crippen LogP contribution in [0.5, 0.6) is 0 Å². The summed E-state index contributed by atoms with van der Waals surface area (Å²) in [7, 11) is -3.41. The molecular formula is C16H24ClN2O3S+. The first-order chi connectivity index (χ1) is 11.1. The Labute approximate surface area is 143 Å². The summed E-state index contributed by atoms with van der Waals surface area (Å²) in [4.78, 5) is 1.76. The smallest absolute Gasteiger partial charge is 0.243 e. The molecule has 0 bridgehead atoms. The molecule has 0 amide bonds. The number of hydrogen-bond acceptors (Lipinski definition) is 3. The summed E-state index contributed by atoms with van der Waals surface area (Å²) in [6.07, 6.45) is 3.89. The third kappa shape index (κ3) is 4.25. The molecule has 7 heteroatoms. The molecule has 1 aromatic rings. The minimum atomic E-state index is -3.41. The SMILES string of the molecule is O=S(=O)(c1ccc(Cl)cc1)N1CC[NH+](C[C@@H]2CCCCO2)CC1. The van der Waals surface area contributed by atoms with E-state index in [1.54, 1.807) is 28.6 Å². The van der Waals surface area contributed by atoms with E-state index in [0.717, 1.165) is 32.7 Å². The number of sulfonamides is 1. The zero-order chi connectivity index (χ0) is 16.3. The Morgan fingerprint density at radius 1 is 1.17 bits per heavy atom. The van der Waals surface area contributed by atoms with E-state index in [2.05, 4.69) is 0 Å². The van der Waals surface area contributed by atoms with Crippen LogP contribution in [0.4, 0.5) is 0 Å². The molecule has 1 aromatic carbocycles. The minimum Gasteiger partial charge on any atom is -0.372 e. The maximum absolute atomic E-state index is 12.6. The van der Waals surface area contributed by atoms with Crippen molar-refractivity contribution in [3.8, 4) is 0 Å². The second kappa shape index (κ2) is 7.49. The van der Waals surface area contributed by atoms with Gasteiger partial charge in [-0.2, -0.15) is 4.31 Å². The van der Waals surface area contributed by atoms with E-state index >= 15 is 0 Å². The Hall–Kier alpha value is -0.660. The molecule has 3 rings (SSSR count). The number of hydrogen-bond donors (Lipinski definition) is 1. The van der Waals surface area contributed by atoms with Crippen LogP contribution in [0.3, 0.4) is 0 Å². The average Bonchev–Trinajstić information content (AvgIpc) is 2.57. The van der Waals surface area contributed by atoms with Crippen molar-refractivity contribution < 1.29 is 18.1 Å². The van der Waals surface area contributed by atoms with Crippen molar-refractivity contribution in [2.75, 3.05) is 39.3 Å². The molecular weight excluding hydrogens is 336 g/mol. The third-order valence-electron chi connectivity index (χ3n) is 4.67. The van der Waals surface area contributed by atoms with Crippen LogP contribution in [-0.4, -0.2) is 58.2 Å². The van der Waals surface area contributed by atoms with Crippen LogP contribution in [0.2, 0.25) is 5.02 Å². The van der Waals surface area contributed by atoms with Gasteiger partial charge in [0.25, 0.3) is 0 Å². The van der Waals surface area contributed by atoms with Gasteiger partial charge < -0.3 is 9.64 Å². The molecule has 2 aliphatic heterocycles. The second-order valence-electron chi connectivity index (χ2n) is 6.30. The average molecular weight is 360 g/mol. The first-order valence-corrected chi connectivity index (χ1v) is 10.1. The Bertz CT molecular complexity index is 607. The number of quaternary nitrogens is 1. The molecule has 2 aliphatic rings. The Morgan fingerprint density at radius 2 is 1.87 bits per heavy atom. The lowest BCUT2D eigenvalue weighted by molar-refractivity contribution is -0.907. The van der Waals surface area contributed by atoms with Gasteiger partial charge in [0.05, 0.1) is 31.1 Å². The first kappa shape index (κ1) is 17.2. The normalized spacial score (nSPS) is 24.7. The van der Waals surface area contributed by atoms with E-state index in [0.29, 0.717) is 29.1 Å². The number of halogens is 1. The Kier molecular flexibility index (Phi) is 5.59. The molecule has 128 valence electrons. The van der Waals surface area contributed by atoms with Gasteiger partial charge in [-0.25, -0.2) is 8.42 Å². The first-order valence-electron chi connectivity index (χ1n) is 8.26. The summed E-state index contributed by atoms with van der Waals surface area (Å²) in [6.45, 7) is 4.67. The fraction of sp³-hybridized carbons (Fsp3) is 0.625. The molecule has 0 radical (unpaired) electrons. The van der Waals surface area contributed by atoms with E-state index in [1.165, 1.54) is 17.7 Å². The van der Waals surface area contributed by atoms with Crippen molar-refractivity contribution >= 4 is 21.6 Å².